The second kappa shape index (κ2) is 3.63. The average Bonchev–Trinajstić information content (AvgIpc) is 1.81. The molecule has 1 fully saturated rings. The van der Waals surface area contributed by atoms with E-state index in [1.54, 1.807) is 0 Å². The van der Waals surface area contributed by atoms with Gasteiger partial charge in [-0.3, -0.25) is 0 Å². The zero-order valence-electron chi connectivity index (χ0n) is 6.85. The van der Waals surface area contributed by atoms with Crippen LogP contribution in [0.1, 0.15) is 6.92 Å². The van der Waals surface area contributed by atoms with Crippen molar-refractivity contribution in [3.63, 3.8) is 0 Å². The third-order valence-corrected chi connectivity index (χ3v) is 10.4. The summed E-state index contributed by atoms with van der Waals surface area (Å²) in [4.78, 5) is 2.30. The number of rotatable bonds is 0. The number of hydrogen-bond donors (Lipinski definition) is 2. The van der Waals surface area contributed by atoms with Gasteiger partial charge in [0, 0.05) is 0 Å². The van der Waals surface area contributed by atoms with Crippen LogP contribution in [0.5, 0.6) is 0 Å². The summed E-state index contributed by atoms with van der Waals surface area (Å²) in [5, 5.41) is 9.80. The summed E-state index contributed by atoms with van der Waals surface area (Å²) in [6, 6.07) is 0. The molecular weight excluding hydrogens is 368 g/mol. The van der Waals surface area contributed by atoms with Crippen molar-refractivity contribution in [1.29, 1.82) is 0 Å². The molecule has 0 aromatic rings. The van der Waals surface area contributed by atoms with Gasteiger partial charge in [0.2, 0.25) is 0 Å². The van der Waals surface area contributed by atoms with Crippen LogP contribution in [0.15, 0.2) is 0 Å². The van der Waals surface area contributed by atoms with E-state index in [9.17, 15) is 5.11 Å². The second-order valence-corrected chi connectivity index (χ2v) is 10.7. The van der Waals surface area contributed by atoms with Crippen molar-refractivity contribution in [1.82, 2.24) is 0 Å². The van der Waals surface area contributed by atoms with E-state index in [0.717, 1.165) is 4.43 Å². The maximum atomic E-state index is 9.80. The Balaban J connectivity index is 2.67. The van der Waals surface area contributed by atoms with Gasteiger partial charge >= 0.3 is 89.5 Å². The molecule has 2 nitrogen and oxygen atoms in total. The van der Waals surface area contributed by atoms with Gasteiger partial charge in [-0.25, -0.2) is 0 Å². The van der Waals surface area contributed by atoms with Crippen molar-refractivity contribution >= 4 is 42.4 Å². The van der Waals surface area contributed by atoms with Crippen LogP contribution in [0.2, 0.25) is 0 Å². The third-order valence-electron chi connectivity index (χ3n) is 2.18. The number of aliphatic hydroxyl groups is 1. The minimum absolute atomic E-state index is 0.261. The van der Waals surface area contributed by atoms with E-state index < -0.39 is 25.5 Å². The van der Waals surface area contributed by atoms with Gasteiger partial charge in [0.15, 0.2) is 0 Å². The fourth-order valence-corrected chi connectivity index (χ4v) is 11.0. The van der Waals surface area contributed by atoms with Gasteiger partial charge in [-0.2, -0.15) is 0 Å². The summed E-state index contributed by atoms with van der Waals surface area (Å²) >= 11 is 1.56. The Kier molecular flexibility index (Phi) is 3.45. The van der Waals surface area contributed by atoms with Crippen molar-refractivity contribution in [2.75, 3.05) is 13.8 Å². The van der Waals surface area contributed by atoms with Crippen LogP contribution in [0.3, 0.4) is 0 Å². The van der Waals surface area contributed by atoms with Gasteiger partial charge in [-0.05, 0) is 0 Å². The van der Waals surface area contributed by atoms with Crippen LogP contribution in [0.25, 0.3) is 0 Å². The number of nitrogens with two attached hydrogens (primary N) is 1. The predicted octanol–water partition coefficient (Wildman–Crippen LogP) is 1.22. The minimum atomic E-state index is -0.859. The molecule has 3 N–H and O–H groups in total. The third kappa shape index (κ3) is 2.41. The second-order valence-electron chi connectivity index (χ2n) is 3.31. The first-order valence-electron chi connectivity index (χ1n) is 3.60. The Morgan fingerprint density at radius 1 is 1.73 bits per heavy atom. The predicted molar refractivity (Wildman–Crippen MR) is 65.8 cm³/mol. The number of alkyl halides is 4. The molecule has 1 rings (SSSR count). The Morgan fingerprint density at radius 2 is 2.27 bits per heavy atom. The molecule has 1 heterocycles. The van der Waals surface area contributed by atoms with Crippen LogP contribution in [0, 0.1) is 5.92 Å². The van der Waals surface area contributed by atoms with Gasteiger partial charge < -0.3 is 0 Å². The van der Waals surface area contributed by atoms with Crippen LogP contribution in [-0.4, -0.2) is 28.5 Å². The average molecular weight is 383 g/mol. The topological polar surface area (TPSA) is 46.2 Å². The zero-order valence-corrected chi connectivity index (χ0v) is 11.2. The standard InChI is InChI=1S/C7H15I2NO/c1-5-6(8)3-9(2)4-7(5,10)11/h5-6,11H,3-4,10H2,1-2H3/t5?,6-,7?/m1/s1. The summed E-state index contributed by atoms with van der Waals surface area (Å²) in [7, 11) is 0. The van der Waals surface area contributed by atoms with Gasteiger partial charge in [0.05, 0.1) is 0 Å². The monoisotopic (exact) mass is 383 g/mol. The molecule has 0 bridgehead atoms. The van der Waals surface area contributed by atoms with Crippen LogP contribution < -0.4 is 5.73 Å². The van der Waals surface area contributed by atoms with E-state index in [2.05, 4.69) is 34.4 Å². The van der Waals surface area contributed by atoms with E-state index in [1.165, 1.54) is 4.43 Å². The molecule has 2 unspecified atom stereocenters. The molecule has 0 amide bonds. The first kappa shape index (κ1) is 10.5. The molecule has 0 aromatic heterocycles. The van der Waals surface area contributed by atoms with Crippen LogP contribution in [-0.2, 0) is 0 Å². The zero-order chi connectivity index (χ0) is 8.65. The van der Waals surface area contributed by atoms with E-state index >= 15 is 0 Å². The normalized spacial score (nSPS) is 49.4. The van der Waals surface area contributed by atoms with Crippen LogP contribution in [0.4, 0.5) is 0 Å². The molecule has 1 aliphatic rings. The van der Waals surface area contributed by atoms with Crippen molar-refractivity contribution in [3.05, 3.63) is 0 Å². The van der Waals surface area contributed by atoms with Gasteiger partial charge in [-0.15, -0.1) is 0 Å². The van der Waals surface area contributed by atoms with Crippen molar-refractivity contribution in [2.24, 2.45) is 11.7 Å². The van der Waals surface area contributed by atoms with E-state index in [1.807, 2.05) is 0 Å². The molecule has 0 aromatic carbocycles. The summed E-state index contributed by atoms with van der Waals surface area (Å²) in [6.45, 7) is 2.06. The number of hydrogen-bond acceptors (Lipinski definition) is 2. The molecule has 11 heavy (non-hydrogen) atoms. The molecule has 68 valence electrons. The molecule has 0 spiro atoms. The van der Waals surface area contributed by atoms with Crippen molar-refractivity contribution in [2.45, 2.75) is 16.6 Å². The Bertz CT molecular complexity index is 151. The summed E-state index contributed by atoms with van der Waals surface area (Å²) < 4.78 is 2.83. The fraction of sp³-hybridized carbons (Fsp3) is 1.00. The quantitative estimate of drug-likeness (QED) is 0.376. The summed E-state index contributed by atoms with van der Waals surface area (Å²) in [6.07, 6.45) is 0. The summed E-state index contributed by atoms with van der Waals surface area (Å²) in [5.41, 5.74) is 4.93. The SMILES string of the molecule is CC1[C@H](I)CI(C)CC1(N)O. The molecular formula is C7H15I2NO. The molecule has 0 radical (unpaired) electrons. The Morgan fingerprint density at radius 3 is 2.73 bits per heavy atom. The van der Waals surface area contributed by atoms with Crippen LogP contribution >= 0.6 is 42.4 Å². The first-order chi connectivity index (χ1) is 4.93. The van der Waals surface area contributed by atoms with E-state index in [-0.39, 0.29) is 5.92 Å². The van der Waals surface area contributed by atoms with Gasteiger partial charge in [0.25, 0.3) is 0 Å². The van der Waals surface area contributed by atoms with Gasteiger partial charge in [-0.1, -0.05) is 0 Å². The maximum absolute atomic E-state index is 9.80. The Hall–Kier alpha value is 1.38. The van der Waals surface area contributed by atoms with Crippen molar-refractivity contribution < 1.29 is 5.11 Å². The van der Waals surface area contributed by atoms with E-state index in [4.69, 9.17) is 5.73 Å². The fourth-order valence-electron chi connectivity index (χ4n) is 1.24. The van der Waals surface area contributed by atoms with Crippen molar-refractivity contribution in [3.8, 4) is 0 Å². The summed E-state index contributed by atoms with van der Waals surface area (Å²) in [5.74, 6) is 0.261. The Labute approximate surface area is 88.8 Å². The molecule has 1 aliphatic heterocycles. The molecule has 0 saturated carbocycles. The van der Waals surface area contributed by atoms with E-state index in [0.29, 0.717) is 3.92 Å². The number of halogens is 2. The molecule has 4 heteroatoms. The molecule has 0 aliphatic carbocycles. The molecule has 1 saturated heterocycles. The first-order valence-corrected chi connectivity index (χ1v) is 10.1. The molecule has 3 atom stereocenters. The van der Waals surface area contributed by atoms with Gasteiger partial charge in [0.1, 0.15) is 0 Å².